The van der Waals surface area contributed by atoms with E-state index < -0.39 is 23.9 Å². The molecular formula is C45H36O11. The molecule has 0 aliphatic heterocycles. The molecule has 0 fully saturated rings. The lowest BCUT2D eigenvalue weighted by Gasteiger charge is -2.21. The summed E-state index contributed by atoms with van der Waals surface area (Å²) in [5, 5.41) is 50.4. The Morgan fingerprint density at radius 1 is 0.411 bits per heavy atom. The summed E-state index contributed by atoms with van der Waals surface area (Å²) in [7, 11) is 1.00. The van der Waals surface area contributed by atoms with E-state index in [0.717, 1.165) is 7.11 Å². The van der Waals surface area contributed by atoms with E-state index in [1.165, 1.54) is 24.3 Å². The van der Waals surface area contributed by atoms with Crippen molar-refractivity contribution in [2.24, 2.45) is 0 Å². The number of carbonyl (C=O) groups excluding carboxylic acids is 2. The zero-order chi connectivity index (χ0) is 39.9. The summed E-state index contributed by atoms with van der Waals surface area (Å²) in [5.74, 6) is -4.01. The lowest BCUT2D eigenvalue weighted by atomic mass is 9.89. The van der Waals surface area contributed by atoms with Gasteiger partial charge in [-0.25, -0.2) is 19.2 Å². The molecule has 0 radical (unpaired) electrons. The number of carboxylic acid groups (broad SMARTS) is 2. The van der Waals surface area contributed by atoms with Gasteiger partial charge in [-0.2, -0.15) is 0 Å². The monoisotopic (exact) mass is 752 g/mol. The van der Waals surface area contributed by atoms with Crippen molar-refractivity contribution in [2.75, 3.05) is 7.11 Å². The molecule has 11 heteroatoms. The zero-order valence-corrected chi connectivity index (χ0v) is 30.1. The molecule has 6 aromatic carbocycles. The maximum Gasteiger partial charge on any atom is 0.343 e. The van der Waals surface area contributed by atoms with E-state index in [0.29, 0.717) is 22.3 Å². The number of benzene rings is 6. The molecular weight excluding hydrogens is 716 g/mol. The SMILES string of the molecule is CO.O=C(O)c1cc2c(O)c(c1)Cc1cccc(c1OC(=O)c1ccccc1)Cc1cc(C(=O)O)cc(c1OC(=O)c1ccccc1)Cc1cccc(c1O)C2. The van der Waals surface area contributed by atoms with Crippen molar-refractivity contribution in [2.45, 2.75) is 25.7 Å². The van der Waals surface area contributed by atoms with Crippen LogP contribution in [0.5, 0.6) is 23.0 Å². The van der Waals surface area contributed by atoms with Crippen molar-refractivity contribution in [3.8, 4) is 23.0 Å². The number of hydrogen-bond donors (Lipinski definition) is 5. The van der Waals surface area contributed by atoms with Gasteiger partial charge in [0.15, 0.2) is 0 Å². The Hall–Kier alpha value is -7.24. The minimum absolute atomic E-state index is 0.0637. The highest BCUT2D eigenvalue weighted by molar-refractivity contribution is 5.93. The number of esters is 2. The predicted molar refractivity (Wildman–Crippen MR) is 205 cm³/mol. The molecule has 0 saturated carbocycles. The van der Waals surface area contributed by atoms with Gasteiger partial charge in [-0.1, -0.05) is 72.8 Å². The van der Waals surface area contributed by atoms with Crippen molar-refractivity contribution in [1.29, 1.82) is 0 Å². The number of aromatic hydroxyl groups is 2. The van der Waals surface area contributed by atoms with Gasteiger partial charge in [0.05, 0.1) is 22.3 Å². The summed E-state index contributed by atoms with van der Waals surface area (Å²) in [5.41, 5.74) is 2.89. The van der Waals surface area contributed by atoms with Crippen LogP contribution < -0.4 is 9.47 Å². The smallest absolute Gasteiger partial charge is 0.343 e. The number of aliphatic hydroxyl groups is 1. The Balaban J connectivity index is 0.00000262. The molecule has 8 bridgehead atoms. The first-order valence-electron chi connectivity index (χ1n) is 17.4. The van der Waals surface area contributed by atoms with Crippen molar-refractivity contribution in [1.82, 2.24) is 0 Å². The highest BCUT2D eigenvalue weighted by atomic mass is 16.5. The standard InChI is InChI=1S/C44H32O10.CH4O/c45-37-27-13-7-14-28(37)18-33-23-36(42(49)50)24-34(40(33)54-44(52)26-11-5-2-6-12-26)20-30-16-8-15-29(39(30)53-43(51)25-9-3-1-4-10-25)19-32-22-35(41(47)48)21-31(17-27)38(32)46;1-2/h1-16,21-24,45-46H,17-20H2,(H,47,48)(H,49,50);2H,1H3. The summed E-state index contributed by atoms with van der Waals surface area (Å²) in [6, 6.07) is 32.1. The Labute approximate surface area is 321 Å². The number of fused-ring (bicyclic) bond motifs is 8. The zero-order valence-electron chi connectivity index (χ0n) is 30.1. The summed E-state index contributed by atoms with van der Waals surface area (Å²) >= 11 is 0. The third-order valence-electron chi connectivity index (χ3n) is 9.32. The van der Waals surface area contributed by atoms with E-state index in [1.807, 2.05) is 0 Å². The molecule has 0 atom stereocenters. The fourth-order valence-electron chi connectivity index (χ4n) is 6.67. The topological polar surface area (TPSA) is 188 Å². The molecule has 11 nitrogen and oxygen atoms in total. The second-order valence-corrected chi connectivity index (χ2v) is 12.9. The molecule has 0 aromatic heterocycles. The summed E-state index contributed by atoms with van der Waals surface area (Å²) < 4.78 is 12.2. The number of aliphatic hydroxyl groups excluding tert-OH is 1. The Morgan fingerprint density at radius 2 is 0.732 bits per heavy atom. The molecule has 0 spiro atoms. The van der Waals surface area contributed by atoms with Gasteiger partial charge >= 0.3 is 23.9 Å². The quantitative estimate of drug-likeness (QED) is 0.0853. The molecule has 56 heavy (non-hydrogen) atoms. The fourth-order valence-corrected chi connectivity index (χ4v) is 6.67. The maximum atomic E-state index is 13.6. The number of aromatic carboxylic acids is 2. The third kappa shape index (κ3) is 8.28. The molecule has 0 unspecified atom stereocenters. The molecule has 282 valence electrons. The number of carboxylic acids is 2. The van der Waals surface area contributed by atoms with Gasteiger partial charge in [-0.3, -0.25) is 0 Å². The van der Waals surface area contributed by atoms with E-state index >= 15 is 0 Å². The Kier molecular flexibility index (Phi) is 11.6. The van der Waals surface area contributed by atoms with Gasteiger partial charge in [-0.15, -0.1) is 0 Å². The van der Waals surface area contributed by atoms with Gasteiger partial charge in [0.2, 0.25) is 0 Å². The van der Waals surface area contributed by atoms with Crippen LogP contribution in [0.4, 0.5) is 0 Å². The number of ether oxygens (including phenoxy) is 2. The molecule has 0 saturated heterocycles. The average Bonchev–Trinajstić information content (AvgIpc) is 3.20. The van der Waals surface area contributed by atoms with Crippen LogP contribution in [0.15, 0.2) is 121 Å². The van der Waals surface area contributed by atoms with Crippen LogP contribution in [0.1, 0.15) is 85.9 Å². The highest BCUT2D eigenvalue weighted by Gasteiger charge is 2.25. The van der Waals surface area contributed by atoms with Crippen LogP contribution in [0.25, 0.3) is 0 Å². The maximum absolute atomic E-state index is 13.6. The highest BCUT2D eigenvalue weighted by Crippen LogP contribution is 2.39. The van der Waals surface area contributed by atoms with Crippen molar-refractivity contribution in [3.63, 3.8) is 0 Å². The van der Waals surface area contributed by atoms with Crippen LogP contribution in [-0.2, 0) is 25.7 Å². The number of carbonyl (C=O) groups is 4. The second-order valence-electron chi connectivity index (χ2n) is 12.9. The normalized spacial score (nSPS) is 11.7. The first-order valence-corrected chi connectivity index (χ1v) is 17.4. The largest absolute Gasteiger partial charge is 0.507 e. The summed E-state index contributed by atoms with van der Waals surface area (Å²) in [6.45, 7) is 0. The van der Waals surface area contributed by atoms with E-state index in [4.69, 9.17) is 14.6 Å². The average molecular weight is 753 g/mol. The van der Waals surface area contributed by atoms with Gasteiger partial charge in [-0.05, 0) is 81.9 Å². The Bertz CT molecular complexity index is 2460. The lowest BCUT2D eigenvalue weighted by Crippen LogP contribution is -2.15. The van der Waals surface area contributed by atoms with E-state index in [-0.39, 0.29) is 93.2 Å². The molecule has 0 heterocycles. The van der Waals surface area contributed by atoms with E-state index in [1.54, 1.807) is 97.1 Å². The van der Waals surface area contributed by atoms with Crippen molar-refractivity contribution >= 4 is 23.9 Å². The van der Waals surface area contributed by atoms with E-state index in [9.17, 15) is 39.6 Å². The third-order valence-corrected chi connectivity index (χ3v) is 9.32. The number of hydrogen-bond acceptors (Lipinski definition) is 9. The van der Waals surface area contributed by atoms with Gasteiger partial charge in [0.25, 0.3) is 0 Å². The number of para-hydroxylation sites is 2. The number of rotatable bonds is 6. The summed E-state index contributed by atoms with van der Waals surface area (Å²) in [6.07, 6.45) is -0.304. The first-order chi connectivity index (χ1) is 27.0. The predicted octanol–water partition coefficient (Wildman–Crippen LogP) is 7.22. The van der Waals surface area contributed by atoms with Crippen LogP contribution in [0.3, 0.4) is 0 Å². The van der Waals surface area contributed by atoms with Crippen molar-refractivity contribution in [3.05, 3.63) is 188 Å². The van der Waals surface area contributed by atoms with Crippen LogP contribution in [-0.4, -0.2) is 56.5 Å². The molecule has 0 amide bonds. The van der Waals surface area contributed by atoms with Crippen LogP contribution >= 0.6 is 0 Å². The van der Waals surface area contributed by atoms with E-state index in [2.05, 4.69) is 0 Å². The van der Waals surface area contributed by atoms with Gasteiger partial charge in [0, 0.05) is 43.9 Å². The van der Waals surface area contributed by atoms with Crippen LogP contribution in [0.2, 0.25) is 0 Å². The molecule has 7 rings (SSSR count). The lowest BCUT2D eigenvalue weighted by molar-refractivity contribution is 0.0685. The number of phenolic OH excluding ortho intramolecular Hbond substituents is 2. The van der Waals surface area contributed by atoms with Crippen molar-refractivity contribution < 1.29 is 54.2 Å². The second kappa shape index (κ2) is 16.8. The van der Waals surface area contributed by atoms with Gasteiger partial charge < -0.3 is 35.0 Å². The Morgan fingerprint density at radius 3 is 1.16 bits per heavy atom. The number of phenols is 2. The van der Waals surface area contributed by atoms with Gasteiger partial charge in [0.1, 0.15) is 23.0 Å². The van der Waals surface area contributed by atoms with Crippen LogP contribution in [0, 0.1) is 0 Å². The minimum Gasteiger partial charge on any atom is -0.507 e. The minimum atomic E-state index is -1.24. The molecule has 1 aliphatic rings. The molecule has 1 aliphatic carbocycles. The summed E-state index contributed by atoms with van der Waals surface area (Å²) in [4.78, 5) is 52.1. The molecule has 5 N–H and O–H groups in total. The first kappa shape index (κ1) is 38.5. The fraction of sp³-hybridized carbons (Fsp3) is 0.111. The molecule has 6 aromatic rings.